The monoisotopic (exact) mass is 259 g/mol. The van der Waals surface area contributed by atoms with Crippen LogP contribution >= 0.6 is 0 Å². The number of amides is 1. The van der Waals surface area contributed by atoms with Crippen molar-refractivity contribution in [2.24, 2.45) is 11.8 Å². The fourth-order valence-corrected chi connectivity index (χ4v) is 3.51. The standard InChI is InChI=1S/C15H21N3O/c16-13-5-7-17-14(9-13)15(19)18-8-6-11-3-1-2-4-12(11)10-18/h5,7,9,11-12H,1-4,6,8,10H2,(H2,16,17). The molecule has 4 heteroatoms. The Morgan fingerprint density at radius 1 is 1.26 bits per heavy atom. The smallest absolute Gasteiger partial charge is 0.272 e. The molecule has 2 N–H and O–H groups in total. The average Bonchev–Trinajstić information content (AvgIpc) is 2.46. The summed E-state index contributed by atoms with van der Waals surface area (Å²) in [7, 11) is 0. The van der Waals surface area contributed by atoms with Gasteiger partial charge in [0.05, 0.1) is 0 Å². The van der Waals surface area contributed by atoms with Crippen LogP contribution in [0.25, 0.3) is 0 Å². The highest BCUT2D eigenvalue weighted by molar-refractivity contribution is 5.93. The van der Waals surface area contributed by atoms with Crippen LogP contribution in [0.1, 0.15) is 42.6 Å². The second kappa shape index (κ2) is 5.19. The van der Waals surface area contributed by atoms with E-state index in [-0.39, 0.29) is 5.91 Å². The van der Waals surface area contributed by atoms with Crippen molar-refractivity contribution in [2.45, 2.75) is 32.1 Å². The number of nitrogen functional groups attached to an aromatic ring is 1. The summed E-state index contributed by atoms with van der Waals surface area (Å²) in [5, 5.41) is 0. The van der Waals surface area contributed by atoms with Gasteiger partial charge < -0.3 is 10.6 Å². The van der Waals surface area contributed by atoms with Gasteiger partial charge in [-0.3, -0.25) is 9.78 Å². The first-order valence-electron chi connectivity index (χ1n) is 7.25. The largest absolute Gasteiger partial charge is 0.399 e. The van der Waals surface area contributed by atoms with E-state index in [1.807, 2.05) is 4.90 Å². The maximum absolute atomic E-state index is 12.4. The fraction of sp³-hybridized carbons (Fsp3) is 0.600. The predicted molar refractivity (Wildman–Crippen MR) is 74.6 cm³/mol. The lowest BCUT2D eigenvalue weighted by atomic mass is 9.75. The van der Waals surface area contributed by atoms with Gasteiger partial charge in [-0.2, -0.15) is 0 Å². The van der Waals surface area contributed by atoms with Crippen molar-refractivity contribution < 1.29 is 4.79 Å². The van der Waals surface area contributed by atoms with E-state index in [2.05, 4.69) is 4.98 Å². The summed E-state index contributed by atoms with van der Waals surface area (Å²) in [5.41, 5.74) is 6.80. The molecule has 2 fully saturated rings. The Morgan fingerprint density at radius 3 is 2.84 bits per heavy atom. The number of carbonyl (C=O) groups is 1. The minimum Gasteiger partial charge on any atom is -0.399 e. The molecule has 2 heterocycles. The summed E-state index contributed by atoms with van der Waals surface area (Å²) in [6.45, 7) is 1.77. The molecule has 0 radical (unpaired) electrons. The van der Waals surface area contributed by atoms with Gasteiger partial charge in [-0.25, -0.2) is 0 Å². The SMILES string of the molecule is Nc1ccnc(C(=O)N2CCC3CCCCC3C2)c1. The van der Waals surface area contributed by atoms with Crippen molar-refractivity contribution in [3.05, 3.63) is 24.0 Å². The Kier molecular flexibility index (Phi) is 3.40. The highest BCUT2D eigenvalue weighted by Crippen LogP contribution is 2.36. The van der Waals surface area contributed by atoms with E-state index in [0.29, 0.717) is 17.3 Å². The van der Waals surface area contributed by atoms with E-state index in [9.17, 15) is 4.79 Å². The first kappa shape index (κ1) is 12.5. The van der Waals surface area contributed by atoms with Crippen LogP contribution in [0, 0.1) is 11.8 Å². The molecule has 1 aromatic heterocycles. The van der Waals surface area contributed by atoms with Crippen LogP contribution < -0.4 is 5.73 Å². The molecule has 0 spiro atoms. The van der Waals surface area contributed by atoms with Crippen LogP contribution in [0.3, 0.4) is 0 Å². The van der Waals surface area contributed by atoms with Crippen molar-refractivity contribution in [2.75, 3.05) is 18.8 Å². The molecule has 102 valence electrons. The minimum absolute atomic E-state index is 0.0383. The molecule has 19 heavy (non-hydrogen) atoms. The molecule has 0 bridgehead atoms. The zero-order valence-corrected chi connectivity index (χ0v) is 11.2. The molecule has 1 aliphatic carbocycles. The zero-order valence-electron chi connectivity index (χ0n) is 11.2. The van der Waals surface area contributed by atoms with E-state index in [1.165, 1.54) is 25.7 Å². The Labute approximate surface area is 114 Å². The second-order valence-electron chi connectivity index (χ2n) is 5.82. The topological polar surface area (TPSA) is 59.2 Å². The van der Waals surface area contributed by atoms with E-state index in [1.54, 1.807) is 18.3 Å². The summed E-state index contributed by atoms with van der Waals surface area (Å²) in [5.74, 6) is 1.58. The molecular weight excluding hydrogens is 238 g/mol. The number of likely N-dealkylation sites (tertiary alicyclic amines) is 1. The van der Waals surface area contributed by atoms with Gasteiger partial charge in [0.2, 0.25) is 0 Å². The Bertz CT molecular complexity index is 474. The lowest BCUT2D eigenvalue weighted by Gasteiger charge is -2.41. The molecule has 1 saturated heterocycles. The van der Waals surface area contributed by atoms with Crippen molar-refractivity contribution in [3.63, 3.8) is 0 Å². The third-order valence-electron chi connectivity index (χ3n) is 4.58. The lowest BCUT2D eigenvalue weighted by Crippen LogP contribution is -2.45. The van der Waals surface area contributed by atoms with Gasteiger partial charge in [0.1, 0.15) is 5.69 Å². The molecule has 3 rings (SSSR count). The van der Waals surface area contributed by atoms with Gasteiger partial charge in [-0.05, 0) is 36.8 Å². The number of rotatable bonds is 1. The Morgan fingerprint density at radius 2 is 2.05 bits per heavy atom. The van der Waals surface area contributed by atoms with Crippen LogP contribution in [0.2, 0.25) is 0 Å². The summed E-state index contributed by atoms with van der Waals surface area (Å²) in [6.07, 6.45) is 8.07. The summed E-state index contributed by atoms with van der Waals surface area (Å²) >= 11 is 0. The molecule has 2 atom stereocenters. The van der Waals surface area contributed by atoms with Crippen LogP contribution in [-0.2, 0) is 0 Å². The summed E-state index contributed by atoms with van der Waals surface area (Å²) in [6, 6.07) is 3.39. The average molecular weight is 259 g/mol. The van der Waals surface area contributed by atoms with Gasteiger partial charge >= 0.3 is 0 Å². The van der Waals surface area contributed by atoms with Gasteiger partial charge in [0.15, 0.2) is 0 Å². The third kappa shape index (κ3) is 2.57. The predicted octanol–water partition coefficient (Wildman–Crippen LogP) is 2.32. The third-order valence-corrected chi connectivity index (χ3v) is 4.58. The number of nitrogens with two attached hydrogens (primary N) is 1. The summed E-state index contributed by atoms with van der Waals surface area (Å²) in [4.78, 5) is 18.5. The Hall–Kier alpha value is -1.58. The van der Waals surface area contributed by atoms with Crippen LogP contribution in [0.15, 0.2) is 18.3 Å². The Balaban J connectivity index is 1.71. The van der Waals surface area contributed by atoms with Gasteiger partial charge in [0, 0.05) is 25.0 Å². The fourth-order valence-electron chi connectivity index (χ4n) is 3.51. The quantitative estimate of drug-likeness (QED) is 0.842. The van der Waals surface area contributed by atoms with Crippen LogP contribution in [-0.4, -0.2) is 28.9 Å². The first-order chi connectivity index (χ1) is 9.24. The van der Waals surface area contributed by atoms with E-state index >= 15 is 0 Å². The molecule has 1 saturated carbocycles. The molecule has 0 aromatic carbocycles. The van der Waals surface area contributed by atoms with Crippen molar-refractivity contribution in [1.82, 2.24) is 9.88 Å². The number of hydrogen-bond acceptors (Lipinski definition) is 3. The van der Waals surface area contributed by atoms with Gasteiger partial charge in [0.25, 0.3) is 5.91 Å². The normalized spacial score (nSPS) is 26.8. The van der Waals surface area contributed by atoms with E-state index in [4.69, 9.17) is 5.73 Å². The van der Waals surface area contributed by atoms with Crippen molar-refractivity contribution in [1.29, 1.82) is 0 Å². The molecular formula is C15H21N3O. The first-order valence-corrected chi connectivity index (χ1v) is 7.25. The number of aromatic nitrogens is 1. The van der Waals surface area contributed by atoms with Crippen LogP contribution in [0.5, 0.6) is 0 Å². The van der Waals surface area contributed by atoms with E-state index < -0.39 is 0 Å². The number of piperidine rings is 1. The van der Waals surface area contributed by atoms with Gasteiger partial charge in [-0.1, -0.05) is 19.3 Å². The second-order valence-corrected chi connectivity index (χ2v) is 5.82. The zero-order chi connectivity index (χ0) is 13.2. The molecule has 1 aromatic rings. The number of carbonyl (C=O) groups excluding carboxylic acids is 1. The van der Waals surface area contributed by atoms with E-state index in [0.717, 1.165) is 25.4 Å². The molecule has 2 unspecified atom stereocenters. The molecule has 1 aliphatic heterocycles. The molecule has 4 nitrogen and oxygen atoms in total. The summed E-state index contributed by atoms with van der Waals surface area (Å²) < 4.78 is 0. The number of pyridine rings is 1. The highest BCUT2D eigenvalue weighted by Gasteiger charge is 2.33. The highest BCUT2D eigenvalue weighted by atomic mass is 16.2. The number of fused-ring (bicyclic) bond motifs is 1. The number of nitrogens with zero attached hydrogens (tertiary/aromatic N) is 2. The van der Waals surface area contributed by atoms with Crippen LogP contribution in [0.4, 0.5) is 5.69 Å². The van der Waals surface area contributed by atoms with Crippen molar-refractivity contribution in [3.8, 4) is 0 Å². The number of anilines is 1. The minimum atomic E-state index is 0.0383. The number of hydrogen-bond donors (Lipinski definition) is 1. The maximum Gasteiger partial charge on any atom is 0.272 e. The maximum atomic E-state index is 12.4. The lowest BCUT2D eigenvalue weighted by molar-refractivity contribution is 0.0515. The van der Waals surface area contributed by atoms with Gasteiger partial charge in [-0.15, -0.1) is 0 Å². The molecule has 1 amide bonds. The molecule has 2 aliphatic rings. The van der Waals surface area contributed by atoms with Crippen molar-refractivity contribution >= 4 is 11.6 Å².